The van der Waals surface area contributed by atoms with Gasteiger partial charge in [0.05, 0.1) is 19.6 Å². The summed E-state index contributed by atoms with van der Waals surface area (Å²) < 4.78 is 5.13. The van der Waals surface area contributed by atoms with E-state index in [4.69, 9.17) is 9.84 Å². The van der Waals surface area contributed by atoms with Gasteiger partial charge in [-0.1, -0.05) is 0 Å². The Kier molecular flexibility index (Phi) is 6.06. The van der Waals surface area contributed by atoms with Crippen LogP contribution in [0.25, 0.3) is 0 Å². The van der Waals surface area contributed by atoms with Gasteiger partial charge in [-0.05, 0) is 0 Å². The van der Waals surface area contributed by atoms with E-state index in [2.05, 4.69) is 5.32 Å². The number of nitrogens with one attached hydrogen (secondary N) is 1. The largest absolute Gasteiger partial charge is 0.481 e. The fourth-order valence-electron chi connectivity index (χ4n) is 0.876. The molecule has 0 aromatic heterocycles. The van der Waals surface area contributed by atoms with Gasteiger partial charge in [0.1, 0.15) is 0 Å². The van der Waals surface area contributed by atoms with Crippen LogP contribution in [0.15, 0.2) is 0 Å². The van der Waals surface area contributed by atoms with E-state index in [-0.39, 0.29) is 18.8 Å². The zero-order valence-electron chi connectivity index (χ0n) is 6.78. The number of carboxylic acid groups (broad SMARTS) is 1. The van der Waals surface area contributed by atoms with Gasteiger partial charge >= 0.3 is 5.97 Å². The average molecular weight is 196 g/mol. The van der Waals surface area contributed by atoms with Gasteiger partial charge in [0.2, 0.25) is 0 Å². The number of ether oxygens (including phenoxy) is 1. The molecule has 1 rings (SSSR count). The summed E-state index contributed by atoms with van der Waals surface area (Å²) in [5.41, 5.74) is 0. The van der Waals surface area contributed by atoms with E-state index in [0.29, 0.717) is 19.1 Å². The van der Waals surface area contributed by atoms with E-state index in [1.165, 1.54) is 0 Å². The minimum Gasteiger partial charge on any atom is -0.481 e. The molecule has 0 amide bonds. The van der Waals surface area contributed by atoms with Crippen LogP contribution in [0.1, 0.15) is 6.42 Å². The van der Waals surface area contributed by atoms with Crippen molar-refractivity contribution >= 4 is 18.4 Å². The molecular formula is C7H14ClNO3. The van der Waals surface area contributed by atoms with Crippen LogP contribution in [-0.2, 0) is 9.53 Å². The lowest BCUT2D eigenvalue weighted by molar-refractivity contribution is -0.138. The summed E-state index contributed by atoms with van der Waals surface area (Å²) in [4.78, 5) is 10.0. The van der Waals surface area contributed by atoms with Crippen LogP contribution in [0.3, 0.4) is 0 Å². The van der Waals surface area contributed by atoms with E-state index in [0.717, 1.165) is 13.1 Å². The number of aliphatic carboxylic acids is 1. The lowest BCUT2D eigenvalue weighted by Crippen LogP contribution is -2.44. The van der Waals surface area contributed by atoms with Crippen molar-refractivity contribution in [3.63, 3.8) is 0 Å². The molecule has 0 radical (unpaired) electrons. The second-order valence-electron chi connectivity index (χ2n) is 2.74. The van der Waals surface area contributed by atoms with Gasteiger partial charge in [0.15, 0.2) is 0 Å². The fraction of sp³-hybridized carbons (Fsp3) is 0.857. The summed E-state index contributed by atoms with van der Waals surface area (Å²) in [5.74, 6) is -0.194. The van der Waals surface area contributed by atoms with Crippen LogP contribution in [0.4, 0.5) is 0 Å². The number of rotatable bonds is 5. The topological polar surface area (TPSA) is 58.6 Å². The number of carboxylic acids is 1. The molecule has 1 fully saturated rings. The Morgan fingerprint density at radius 3 is 2.67 bits per heavy atom. The molecule has 72 valence electrons. The first-order valence-electron chi connectivity index (χ1n) is 3.79. The Labute approximate surface area is 77.7 Å². The van der Waals surface area contributed by atoms with Crippen LogP contribution in [-0.4, -0.2) is 37.4 Å². The van der Waals surface area contributed by atoms with Crippen molar-refractivity contribution in [2.45, 2.75) is 6.42 Å². The second-order valence-corrected chi connectivity index (χ2v) is 2.74. The quantitative estimate of drug-likeness (QED) is 0.612. The first-order chi connectivity index (χ1) is 5.29. The molecule has 0 saturated carbocycles. The molecule has 1 heterocycles. The maximum atomic E-state index is 10.0. The van der Waals surface area contributed by atoms with Gasteiger partial charge in [-0.25, -0.2) is 0 Å². The van der Waals surface area contributed by atoms with Crippen LogP contribution in [0.5, 0.6) is 0 Å². The first-order valence-corrected chi connectivity index (χ1v) is 3.79. The monoisotopic (exact) mass is 195 g/mol. The molecule has 0 aromatic carbocycles. The molecule has 2 N–H and O–H groups in total. The lowest BCUT2D eigenvalue weighted by Gasteiger charge is -2.26. The minimum atomic E-state index is -0.795. The van der Waals surface area contributed by atoms with Crippen molar-refractivity contribution in [2.75, 3.05) is 26.3 Å². The van der Waals surface area contributed by atoms with Gasteiger partial charge in [0, 0.05) is 19.0 Å². The van der Waals surface area contributed by atoms with Crippen LogP contribution in [0, 0.1) is 5.92 Å². The SMILES string of the molecule is Cl.O=C(O)CCOCC1CNC1. The average Bonchev–Trinajstić information content (AvgIpc) is 1.82. The van der Waals surface area contributed by atoms with Gasteiger partial charge in [-0.3, -0.25) is 4.79 Å². The zero-order chi connectivity index (χ0) is 8.10. The van der Waals surface area contributed by atoms with Crippen LogP contribution in [0.2, 0.25) is 0 Å². The van der Waals surface area contributed by atoms with E-state index < -0.39 is 5.97 Å². The lowest BCUT2D eigenvalue weighted by atomic mass is 10.1. The van der Waals surface area contributed by atoms with Crippen molar-refractivity contribution in [1.82, 2.24) is 5.32 Å². The molecule has 0 aromatic rings. The third-order valence-corrected chi connectivity index (χ3v) is 1.68. The molecule has 1 aliphatic rings. The summed E-state index contributed by atoms with van der Waals surface area (Å²) in [6, 6.07) is 0. The maximum absolute atomic E-state index is 10.0. The standard InChI is InChI=1S/C7H13NO3.ClH/c9-7(10)1-2-11-5-6-3-8-4-6;/h6,8H,1-5H2,(H,9,10);1H. The highest BCUT2D eigenvalue weighted by atomic mass is 35.5. The van der Waals surface area contributed by atoms with E-state index in [1.807, 2.05) is 0 Å². The second kappa shape index (κ2) is 6.22. The molecule has 0 bridgehead atoms. The molecule has 1 saturated heterocycles. The van der Waals surface area contributed by atoms with Crippen molar-refractivity contribution in [1.29, 1.82) is 0 Å². The van der Waals surface area contributed by atoms with Gasteiger partial charge in [-0.15, -0.1) is 12.4 Å². The minimum absolute atomic E-state index is 0. The Morgan fingerprint density at radius 2 is 2.25 bits per heavy atom. The highest BCUT2D eigenvalue weighted by Crippen LogP contribution is 2.02. The third-order valence-electron chi connectivity index (χ3n) is 1.68. The fourth-order valence-corrected chi connectivity index (χ4v) is 0.876. The summed E-state index contributed by atoms with van der Waals surface area (Å²) >= 11 is 0. The summed E-state index contributed by atoms with van der Waals surface area (Å²) in [5, 5.41) is 11.4. The molecule has 5 heteroatoms. The maximum Gasteiger partial charge on any atom is 0.305 e. The highest BCUT2D eigenvalue weighted by molar-refractivity contribution is 5.85. The number of hydrogen-bond donors (Lipinski definition) is 2. The molecule has 4 nitrogen and oxygen atoms in total. The Bertz CT molecular complexity index is 139. The van der Waals surface area contributed by atoms with Crippen molar-refractivity contribution in [3.8, 4) is 0 Å². The Morgan fingerprint density at radius 1 is 1.58 bits per heavy atom. The van der Waals surface area contributed by atoms with Crippen molar-refractivity contribution in [2.24, 2.45) is 5.92 Å². The summed E-state index contributed by atoms with van der Waals surface area (Å²) in [6.45, 7) is 3.05. The third kappa shape index (κ3) is 4.54. The number of hydrogen-bond acceptors (Lipinski definition) is 3. The van der Waals surface area contributed by atoms with E-state index >= 15 is 0 Å². The summed E-state index contributed by atoms with van der Waals surface area (Å²) in [7, 11) is 0. The number of carbonyl (C=O) groups is 1. The Balaban J connectivity index is 0.00000121. The summed E-state index contributed by atoms with van der Waals surface area (Å²) in [6.07, 6.45) is 0.111. The van der Waals surface area contributed by atoms with E-state index in [9.17, 15) is 4.79 Å². The van der Waals surface area contributed by atoms with Gasteiger partial charge in [0.25, 0.3) is 0 Å². The molecular weight excluding hydrogens is 182 g/mol. The molecule has 0 spiro atoms. The van der Waals surface area contributed by atoms with Gasteiger partial charge in [-0.2, -0.15) is 0 Å². The molecule has 1 aliphatic heterocycles. The normalized spacial score (nSPS) is 16.3. The Hall–Kier alpha value is -0.320. The van der Waals surface area contributed by atoms with Crippen molar-refractivity contribution < 1.29 is 14.6 Å². The molecule has 12 heavy (non-hydrogen) atoms. The zero-order valence-corrected chi connectivity index (χ0v) is 7.60. The van der Waals surface area contributed by atoms with Crippen molar-refractivity contribution in [3.05, 3.63) is 0 Å². The van der Waals surface area contributed by atoms with Gasteiger partial charge < -0.3 is 15.2 Å². The van der Waals surface area contributed by atoms with E-state index in [1.54, 1.807) is 0 Å². The smallest absolute Gasteiger partial charge is 0.305 e. The highest BCUT2D eigenvalue weighted by Gasteiger charge is 2.16. The predicted octanol–water partition coefficient (Wildman–Crippen LogP) is 0.119. The molecule has 0 unspecified atom stereocenters. The molecule has 0 aliphatic carbocycles. The number of halogens is 1. The van der Waals surface area contributed by atoms with Crippen LogP contribution < -0.4 is 5.32 Å². The first kappa shape index (κ1) is 11.7. The molecule has 0 atom stereocenters. The van der Waals surface area contributed by atoms with Crippen LogP contribution >= 0.6 is 12.4 Å². The predicted molar refractivity (Wildman–Crippen MR) is 46.7 cm³/mol.